The van der Waals surface area contributed by atoms with Crippen molar-refractivity contribution in [2.75, 3.05) is 20.8 Å². The molecule has 0 bridgehead atoms. The highest BCUT2D eigenvalue weighted by Crippen LogP contribution is 2.44. The number of methoxy groups -OCH3 is 2. The molecule has 0 radical (unpaired) electrons. The number of aliphatic carboxylic acids is 1. The van der Waals surface area contributed by atoms with Crippen LogP contribution < -0.4 is 9.47 Å². The molecule has 3 atom stereocenters. The molecule has 124 valence electrons. The maximum atomic E-state index is 12.5. The van der Waals surface area contributed by atoms with Crippen molar-refractivity contribution >= 4 is 11.9 Å². The van der Waals surface area contributed by atoms with Gasteiger partial charge in [0.25, 0.3) is 0 Å². The van der Waals surface area contributed by atoms with Crippen molar-refractivity contribution in [3.05, 3.63) is 23.3 Å². The highest BCUT2D eigenvalue weighted by atomic mass is 16.5. The number of aliphatic hydroxyl groups excluding tert-OH is 1. The molecule has 0 saturated heterocycles. The molecule has 1 fully saturated rings. The lowest BCUT2D eigenvalue weighted by molar-refractivity contribution is -0.142. The Balaban J connectivity index is 1.88. The van der Waals surface area contributed by atoms with Crippen molar-refractivity contribution in [1.82, 2.24) is 4.90 Å². The number of hydrogen-bond acceptors (Lipinski definition) is 5. The van der Waals surface area contributed by atoms with Gasteiger partial charge < -0.3 is 24.6 Å². The van der Waals surface area contributed by atoms with Gasteiger partial charge in [-0.05, 0) is 18.6 Å². The largest absolute Gasteiger partial charge is 0.496 e. The average Bonchev–Trinajstić information content (AvgIpc) is 3.33. The predicted molar refractivity (Wildman–Crippen MR) is 79.2 cm³/mol. The lowest BCUT2D eigenvalue weighted by atomic mass is 9.95. The molecule has 1 heterocycles. The van der Waals surface area contributed by atoms with Crippen LogP contribution in [0.5, 0.6) is 11.5 Å². The molecule has 0 spiro atoms. The number of fused-ring (bicyclic) bond motifs is 1. The summed E-state index contributed by atoms with van der Waals surface area (Å²) in [4.78, 5) is 24.9. The van der Waals surface area contributed by atoms with Crippen LogP contribution in [0.1, 0.15) is 23.7 Å². The van der Waals surface area contributed by atoms with Crippen molar-refractivity contribution in [3.8, 4) is 11.5 Å². The second kappa shape index (κ2) is 5.73. The lowest BCUT2D eigenvalue weighted by Crippen LogP contribution is -2.40. The van der Waals surface area contributed by atoms with Crippen LogP contribution in [0.15, 0.2) is 12.1 Å². The molecule has 1 saturated carbocycles. The normalized spacial score (nSPS) is 25.5. The lowest BCUT2D eigenvalue weighted by Gasteiger charge is -2.34. The van der Waals surface area contributed by atoms with Crippen LogP contribution in [0, 0.1) is 11.8 Å². The van der Waals surface area contributed by atoms with Gasteiger partial charge in [0.15, 0.2) is 0 Å². The van der Waals surface area contributed by atoms with E-state index in [2.05, 4.69) is 0 Å². The fraction of sp³-hybridized carbons (Fsp3) is 0.500. The van der Waals surface area contributed by atoms with Crippen LogP contribution in [0.25, 0.3) is 0 Å². The number of β-amino-alcohol motifs (C(OH)–C–C–N with tert-alkyl or cyclic N) is 1. The molecule has 1 amide bonds. The fourth-order valence-electron chi connectivity index (χ4n) is 3.22. The number of benzene rings is 1. The van der Waals surface area contributed by atoms with Crippen molar-refractivity contribution in [2.45, 2.75) is 19.1 Å². The van der Waals surface area contributed by atoms with E-state index < -0.39 is 23.9 Å². The molecule has 2 aliphatic rings. The molecule has 7 nitrogen and oxygen atoms in total. The Labute approximate surface area is 133 Å². The van der Waals surface area contributed by atoms with Gasteiger partial charge >= 0.3 is 5.97 Å². The summed E-state index contributed by atoms with van der Waals surface area (Å²) in [5, 5.41) is 19.4. The first-order valence-electron chi connectivity index (χ1n) is 7.41. The predicted octanol–water partition coefficient (Wildman–Crippen LogP) is 0.800. The van der Waals surface area contributed by atoms with Crippen LogP contribution in [0.3, 0.4) is 0 Å². The first-order chi connectivity index (χ1) is 11.0. The zero-order valence-electron chi connectivity index (χ0n) is 13.0. The van der Waals surface area contributed by atoms with E-state index in [1.165, 1.54) is 19.1 Å². The number of amides is 1. The molecule has 3 unspecified atom stereocenters. The molecule has 1 aliphatic carbocycles. The monoisotopic (exact) mass is 321 g/mol. The van der Waals surface area contributed by atoms with Gasteiger partial charge in [-0.1, -0.05) is 0 Å². The molecular formula is C16H19NO6. The summed E-state index contributed by atoms with van der Waals surface area (Å²) in [6.07, 6.45) is -0.530. The number of rotatable bonds is 4. The minimum absolute atomic E-state index is 0.123. The first-order valence-corrected chi connectivity index (χ1v) is 7.41. The molecular weight excluding hydrogens is 302 g/mol. The van der Waals surface area contributed by atoms with Crippen molar-refractivity contribution < 1.29 is 29.3 Å². The summed E-state index contributed by atoms with van der Waals surface area (Å²) in [6.45, 7) is 0.395. The molecule has 0 aromatic heterocycles. The number of carboxylic acids is 1. The quantitative estimate of drug-likeness (QED) is 0.851. The Kier molecular flexibility index (Phi) is 3.89. The van der Waals surface area contributed by atoms with Gasteiger partial charge in [0, 0.05) is 17.7 Å². The Bertz CT molecular complexity index is 658. The average molecular weight is 321 g/mol. The molecule has 1 aliphatic heterocycles. The molecule has 23 heavy (non-hydrogen) atoms. The second-order valence-electron chi connectivity index (χ2n) is 5.88. The van der Waals surface area contributed by atoms with E-state index in [-0.39, 0.29) is 19.0 Å². The third kappa shape index (κ3) is 2.61. The Morgan fingerprint density at radius 2 is 1.83 bits per heavy atom. The minimum Gasteiger partial charge on any atom is -0.496 e. The number of nitrogens with zero attached hydrogens (tertiary/aromatic N) is 1. The van der Waals surface area contributed by atoms with Crippen LogP contribution in [0.4, 0.5) is 0 Å². The zero-order valence-corrected chi connectivity index (χ0v) is 13.0. The van der Waals surface area contributed by atoms with Crippen LogP contribution in [-0.2, 0) is 16.1 Å². The number of carbonyl (C=O) groups is 2. The fourth-order valence-corrected chi connectivity index (χ4v) is 3.22. The van der Waals surface area contributed by atoms with Gasteiger partial charge in [-0.25, -0.2) is 0 Å². The van der Waals surface area contributed by atoms with Gasteiger partial charge in [-0.2, -0.15) is 0 Å². The van der Waals surface area contributed by atoms with Gasteiger partial charge in [0.05, 0.1) is 32.6 Å². The Morgan fingerprint density at radius 1 is 1.17 bits per heavy atom. The summed E-state index contributed by atoms with van der Waals surface area (Å²) in [6, 6.07) is 3.45. The summed E-state index contributed by atoms with van der Waals surface area (Å²) < 4.78 is 10.6. The SMILES string of the molecule is COc1ccc(OC)c2c1CN(C(=O)C1CC1C(=O)O)CC2O. The van der Waals surface area contributed by atoms with Crippen molar-refractivity contribution in [3.63, 3.8) is 0 Å². The maximum absolute atomic E-state index is 12.5. The number of carbonyl (C=O) groups excluding carboxylic acids is 1. The smallest absolute Gasteiger partial charge is 0.307 e. The van der Waals surface area contributed by atoms with E-state index in [0.717, 1.165) is 0 Å². The van der Waals surface area contributed by atoms with Crippen molar-refractivity contribution in [1.29, 1.82) is 0 Å². The summed E-state index contributed by atoms with van der Waals surface area (Å²) >= 11 is 0. The minimum atomic E-state index is -0.944. The second-order valence-corrected chi connectivity index (χ2v) is 5.88. The van der Waals surface area contributed by atoms with E-state index in [1.54, 1.807) is 12.1 Å². The summed E-state index contributed by atoms with van der Waals surface area (Å²) in [5.74, 6) is -1.14. The van der Waals surface area contributed by atoms with E-state index >= 15 is 0 Å². The van der Waals surface area contributed by atoms with Crippen LogP contribution in [-0.4, -0.2) is 47.8 Å². The summed E-state index contributed by atoms with van der Waals surface area (Å²) in [7, 11) is 3.05. The molecule has 1 aromatic carbocycles. The molecule has 3 rings (SSSR count). The number of carboxylic acid groups (broad SMARTS) is 1. The van der Waals surface area contributed by atoms with E-state index in [1.807, 2.05) is 0 Å². The van der Waals surface area contributed by atoms with Crippen LogP contribution in [0.2, 0.25) is 0 Å². The number of aliphatic hydroxyl groups is 1. The van der Waals surface area contributed by atoms with E-state index in [9.17, 15) is 14.7 Å². The Hall–Kier alpha value is -2.28. The molecule has 2 N–H and O–H groups in total. The van der Waals surface area contributed by atoms with Crippen LogP contribution >= 0.6 is 0 Å². The molecule has 1 aromatic rings. The van der Waals surface area contributed by atoms with Gasteiger partial charge in [-0.3, -0.25) is 9.59 Å². The first kappa shape index (κ1) is 15.6. The van der Waals surface area contributed by atoms with Gasteiger partial charge in [0.1, 0.15) is 17.6 Å². The number of hydrogen-bond donors (Lipinski definition) is 2. The third-order valence-corrected chi connectivity index (χ3v) is 4.53. The van der Waals surface area contributed by atoms with E-state index in [0.29, 0.717) is 29.0 Å². The highest BCUT2D eigenvalue weighted by molar-refractivity contribution is 5.89. The highest BCUT2D eigenvalue weighted by Gasteiger charge is 2.50. The third-order valence-electron chi connectivity index (χ3n) is 4.53. The maximum Gasteiger partial charge on any atom is 0.307 e. The zero-order chi connectivity index (χ0) is 16.7. The van der Waals surface area contributed by atoms with Crippen molar-refractivity contribution in [2.24, 2.45) is 11.8 Å². The molecule has 7 heteroatoms. The standard InChI is InChI=1S/C16H19NO6/c1-22-12-3-4-13(23-2)14-10(12)6-17(7-11(14)18)15(19)8-5-9(8)16(20)21/h3-4,8-9,11,18H,5-7H2,1-2H3,(H,20,21). The van der Waals surface area contributed by atoms with Gasteiger partial charge in [-0.15, -0.1) is 0 Å². The Morgan fingerprint density at radius 3 is 2.39 bits per heavy atom. The topological polar surface area (TPSA) is 96.3 Å². The van der Waals surface area contributed by atoms with Gasteiger partial charge in [0.2, 0.25) is 5.91 Å². The summed E-state index contributed by atoms with van der Waals surface area (Å²) in [5.41, 5.74) is 1.33. The van der Waals surface area contributed by atoms with E-state index in [4.69, 9.17) is 14.6 Å². The number of ether oxygens (including phenoxy) is 2.